The van der Waals surface area contributed by atoms with Gasteiger partial charge in [-0.2, -0.15) is 0 Å². The molecule has 1 aliphatic rings. The number of thiazole rings is 1. The summed E-state index contributed by atoms with van der Waals surface area (Å²) in [6.07, 6.45) is 7.93. The van der Waals surface area contributed by atoms with Crippen LogP contribution in [0, 0.1) is 0 Å². The molecular weight excluding hydrogens is 523 g/mol. The number of methoxy groups -OCH3 is 2. The Morgan fingerprint density at radius 2 is 1.90 bits per heavy atom. The molecule has 0 atom stereocenters. The molecule has 0 aliphatic heterocycles. The van der Waals surface area contributed by atoms with Crippen molar-refractivity contribution in [1.29, 1.82) is 0 Å². The molecule has 1 aliphatic carbocycles. The molecule has 0 amide bonds. The summed E-state index contributed by atoms with van der Waals surface area (Å²) in [6, 6.07) is 6.04. The number of nitrogens with one attached hydrogen (secondary N) is 2. The number of hydrogen-bond acceptors (Lipinski definition) is 5. The molecule has 2 N–H and O–H groups in total. The lowest BCUT2D eigenvalue weighted by atomic mass is 10.0. The molecule has 172 valence electrons. The first-order valence-electron chi connectivity index (χ1n) is 10.9. The van der Waals surface area contributed by atoms with E-state index in [0.29, 0.717) is 0 Å². The molecule has 1 aromatic heterocycles. The molecular formula is C23H35IN4O2S. The topological polar surface area (TPSA) is 67.8 Å². The molecule has 8 heteroatoms. The van der Waals surface area contributed by atoms with Crippen LogP contribution in [-0.2, 0) is 25.7 Å². The summed E-state index contributed by atoms with van der Waals surface area (Å²) >= 11 is 1.91. The summed E-state index contributed by atoms with van der Waals surface area (Å²) in [5, 5.41) is 8.04. The van der Waals surface area contributed by atoms with Crippen LogP contribution in [0.5, 0.6) is 11.5 Å². The summed E-state index contributed by atoms with van der Waals surface area (Å²) in [5.41, 5.74) is 2.55. The fourth-order valence-electron chi connectivity index (χ4n) is 3.64. The molecule has 1 heterocycles. The Kier molecular flexibility index (Phi) is 11.4. The molecule has 0 saturated heterocycles. The van der Waals surface area contributed by atoms with Gasteiger partial charge >= 0.3 is 0 Å². The smallest absolute Gasteiger partial charge is 0.191 e. The minimum atomic E-state index is 0. The van der Waals surface area contributed by atoms with Gasteiger partial charge in [0.25, 0.3) is 0 Å². The van der Waals surface area contributed by atoms with Crippen molar-refractivity contribution in [2.45, 2.75) is 51.9 Å². The highest BCUT2D eigenvalue weighted by atomic mass is 127. The van der Waals surface area contributed by atoms with Gasteiger partial charge in [0.1, 0.15) is 0 Å². The van der Waals surface area contributed by atoms with Gasteiger partial charge in [-0.15, -0.1) is 35.3 Å². The van der Waals surface area contributed by atoms with Crippen molar-refractivity contribution in [3.05, 3.63) is 39.3 Å². The number of benzene rings is 1. The largest absolute Gasteiger partial charge is 0.493 e. The minimum Gasteiger partial charge on any atom is -0.493 e. The van der Waals surface area contributed by atoms with Crippen molar-refractivity contribution >= 4 is 41.3 Å². The lowest BCUT2D eigenvalue weighted by molar-refractivity contribution is 0.354. The first-order valence-corrected chi connectivity index (χ1v) is 11.8. The Bertz CT molecular complexity index is 817. The summed E-state index contributed by atoms with van der Waals surface area (Å²) < 4.78 is 10.7. The number of fused-ring (bicyclic) bond motifs is 1. The van der Waals surface area contributed by atoms with E-state index in [1.807, 2.05) is 23.5 Å². The van der Waals surface area contributed by atoms with E-state index < -0.39 is 0 Å². The summed E-state index contributed by atoms with van der Waals surface area (Å²) in [7, 11) is 3.32. The SMILES string of the molecule is CCNC(=NCCCc1nc2c(s1)CCCC2)NCCc1ccc(OC)c(OC)c1.I. The highest BCUT2D eigenvalue weighted by molar-refractivity contribution is 14.0. The van der Waals surface area contributed by atoms with Gasteiger partial charge in [-0.05, 0) is 63.1 Å². The van der Waals surface area contributed by atoms with E-state index >= 15 is 0 Å². The Balaban J connectivity index is 0.00000341. The van der Waals surface area contributed by atoms with Gasteiger partial charge in [-0.1, -0.05) is 6.07 Å². The molecule has 0 fully saturated rings. The molecule has 0 spiro atoms. The van der Waals surface area contributed by atoms with Crippen molar-refractivity contribution in [1.82, 2.24) is 15.6 Å². The maximum absolute atomic E-state index is 5.39. The summed E-state index contributed by atoms with van der Waals surface area (Å²) in [5.74, 6) is 2.39. The maximum atomic E-state index is 5.39. The Morgan fingerprint density at radius 3 is 2.65 bits per heavy atom. The number of ether oxygens (including phenoxy) is 2. The third-order valence-corrected chi connectivity index (χ3v) is 6.42. The van der Waals surface area contributed by atoms with Crippen LogP contribution < -0.4 is 20.1 Å². The first kappa shape index (κ1) is 25.7. The zero-order valence-electron chi connectivity index (χ0n) is 18.8. The van der Waals surface area contributed by atoms with Gasteiger partial charge in [-0.3, -0.25) is 4.99 Å². The van der Waals surface area contributed by atoms with E-state index in [-0.39, 0.29) is 24.0 Å². The van der Waals surface area contributed by atoms with Crippen LogP contribution in [0.3, 0.4) is 0 Å². The number of guanidine groups is 1. The summed E-state index contributed by atoms with van der Waals surface area (Å²) in [4.78, 5) is 11.1. The Labute approximate surface area is 207 Å². The van der Waals surface area contributed by atoms with Crippen LogP contribution in [0.2, 0.25) is 0 Å². The number of aromatic nitrogens is 1. The molecule has 0 saturated carbocycles. The fraction of sp³-hybridized carbons (Fsp3) is 0.565. The molecule has 1 aromatic carbocycles. The third-order valence-electron chi connectivity index (χ3n) is 5.21. The molecule has 0 bridgehead atoms. The number of hydrogen-bond donors (Lipinski definition) is 2. The Morgan fingerprint density at radius 1 is 1.10 bits per heavy atom. The van der Waals surface area contributed by atoms with E-state index in [1.165, 1.54) is 46.8 Å². The van der Waals surface area contributed by atoms with Gasteiger partial charge in [-0.25, -0.2) is 4.98 Å². The van der Waals surface area contributed by atoms with E-state index in [1.54, 1.807) is 14.2 Å². The van der Waals surface area contributed by atoms with E-state index in [9.17, 15) is 0 Å². The average Bonchev–Trinajstić information content (AvgIpc) is 3.19. The molecule has 0 unspecified atom stereocenters. The van der Waals surface area contributed by atoms with Crippen molar-refractivity contribution in [2.24, 2.45) is 4.99 Å². The van der Waals surface area contributed by atoms with Crippen LogP contribution >= 0.6 is 35.3 Å². The standard InChI is InChI=1S/C23H34N4O2S.HI/c1-4-24-23(26-15-13-17-11-12-19(28-2)20(16-17)29-3)25-14-7-10-22-27-18-8-5-6-9-21(18)30-22;/h11-12,16H,4-10,13-15H2,1-3H3,(H2,24,25,26);1H. The lowest BCUT2D eigenvalue weighted by Crippen LogP contribution is -2.38. The van der Waals surface area contributed by atoms with Crippen LogP contribution in [-0.4, -0.2) is 44.8 Å². The highest BCUT2D eigenvalue weighted by Gasteiger charge is 2.14. The van der Waals surface area contributed by atoms with Crippen molar-refractivity contribution < 1.29 is 9.47 Å². The molecule has 0 radical (unpaired) electrons. The van der Waals surface area contributed by atoms with E-state index in [0.717, 1.165) is 56.4 Å². The second-order valence-electron chi connectivity index (χ2n) is 7.41. The number of aryl methyl sites for hydroxylation is 3. The van der Waals surface area contributed by atoms with Crippen molar-refractivity contribution in [2.75, 3.05) is 33.9 Å². The minimum absolute atomic E-state index is 0. The summed E-state index contributed by atoms with van der Waals surface area (Å²) in [6.45, 7) is 4.55. The third kappa shape index (κ3) is 7.82. The molecule has 2 aromatic rings. The van der Waals surface area contributed by atoms with Crippen LogP contribution in [0.15, 0.2) is 23.2 Å². The Hall–Kier alpha value is -1.55. The predicted octanol–water partition coefficient (Wildman–Crippen LogP) is 4.39. The number of halogens is 1. The zero-order chi connectivity index (χ0) is 21.2. The zero-order valence-corrected chi connectivity index (χ0v) is 22.0. The lowest BCUT2D eigenvalue weighted by Gasteiger charge is -2.12. The van der Waals surface area contributed by atoms with Crippen molar-refractivity contribution in [3.63, 3.8) is 0 Å². The van der Waals surface area contributed by atoms with Crippen molar-refractivity contribution in [3.8, 4) is 11.5 Å². The van der Waals surface area contributed by atoms with Gasteiger partial charge in [0.15, 0.2) is 17.5 Å². The quantitative estimate of drug-likeness (QED) is 0.196. The van der Waals surface area contributed by atoms with Crippen LogP contribution in [0.25, 0.3) is 0 Å². The maximum Gasteiger partial charge on any atom is 0.191 e. The van der Waals surface area contributed by atoms with E-state index in [2.05, 4.69) is 23.6 Å². The number of aliphatic imine (C=N–C) groups is 1. The molecule has 3 rings (SSSR count). The second kappa shape index (κ2) is 13.8. The average molecular weight is 559 g/mol. The van der Waals surface area contributed by atoms with Gasteiger partial charge < -0.3 is 20.1 Å². The number of rotatable bonds is 10. The highest BCUT2D eigenvalue weighted by Crippen LogP contribution is 2.28. The van der Waals surface area contributed by atoms with Gasteiger partial charge in [0, 0.05) is 30.9 Å². The predicted molar refractivity (Wildman–Crippen MR) is 140 cm³/mol. The first-order chi connectivity index (χ1) is 14.7. The number of nitrogens with zero attached hydrogens (tertiary/aromatic N) is 2. The van der Waals surface area contributed by atoms with Gasteiger partial charge in [0.05, 0.1) is 24.9 Å². The fourth-order valence-corrected chi connectivity index (χ4v) is 4.84. The molecule has 31 heavy (non-hydrogen) atoms. The second-order valence-corrected chi connectivity index (χ2v) is 8.58. The van der Waals surface area contributed by atoms with Gasteiger partial charge in [0.2, 0.25) is 0 Å². The van der Waals surface area contributed by atoms with Crippen LogP contribution in [0.4, 0.5) is 0 Å². The van der Waals surface area contributed by atoms with Crippen LogP contribution in [0.1, 0.15) is 47.3 Å². The normalized spacial score (nSPS) is 13.2. The monoisotopic (exact) mass is 558 g/mol. The molecule has 6 nitrogen and oxygen atoms in total. The van der Waals surface area contributed by atoms with E-state index in [4.69, 9.17) is 19.5 Å².